The van der Waals surface area contributed by atoms with Gasteiger partial charge in [-0.3, -0.25) is 19.5 Å². The van der Waals surface area contributed by atoms with Gasteiger partial charge < -0.3 is 20.9 Å². The van der Waals surface area contributed by atoms with Gasteiger partial charge in [0.1, 0.15) is 5.69 Å². The first kappa shape index (κ1) is 29.9. The number of alkyl halides is 2. The second kappa shape index (κ2) is 14.0. The fourth-order valence-corrected chi connectivity index (χ4v) is 4.53. The average Bonchev–Trinajstić information content (AvgIpc) is 2.99. The second-order valence-electron chi connectivity index (χ2n) is 9.35. The van der Waals surface area contributed by atoms with E-state index in [0.717, 1.165) is 5.56 Å². The second-order valence-corrected chi connectivity index (χ2v) is 9.35. The number of rotatable bonds is 9. The van der Waals surface area contributed by atoms with Gasteiger partial charge in [0.2, 0.25) is 5.91 Å². The fraction of sp³-hybridized carbons (Fsp3) is 0.250. The van der Waals surface area contributed by atoms with Crippen molar-refractivity contribution in [2.45, 2.75) is 19.5 Å². The summed E-state index contributed by atoms with van der Waals surface area (Å²) in [4.78, 5) is 32.5. The highest BCUT2D eigenvalue weighted by atomic mass is 19.3. The van der Waals surface area contributed by atoms with Crippen molar-refractivity contribution in [1.29, 1.82) is 10.9 Å². The lowest BCUT2D eigenvalue weighted by atomic mass is 10.0. The van der Waals surface area contributed by atoms with Gasteiger partial charge >= 0.3 is 6.55 Å². The third kappa shape index (κ3) is 7.75. The molecule has 12 nitrogen and oxygen atoms in total. The SMILES string of the molecule is CC(=O)NC1=C/C(=C/Nc2ccnc(C(=O)N3CCN(C(/C(N=N)=N/NC(F)F)c4ccccc4)CC3)c2)C(=N)C=C1. The molecule has 0 radical (unpaired) electrons. The molecule has 5 N–H and O–H groups in total. The van der Waals surface area contributed by atoms with Crippen LogP contribution in [0.3, 0.4) is 0 Å². The van der Waals surface area contributed by atoms with Crippen molar-refractivity contribution < 1.29 is 18.4 Å². The molecule has 14 heteroatoms. The number of hydrogen-bond donors (Lipinski definition) is 5. The van der Waals surface area contributed by atoms with Crippen LogP contribution in [0.4, 0.5) is 14.5 Å². The predicted molar refractivity (Wildman–Crippen MR) is 153 cm³/mol. The van der Waals surface area contributed by atoms with Gasteiger partial charge in [0.05, 0.1) is 11.8 Å². The number of allylic oxidation sites excluding steroid dienone is 4. The molecule has 1 aliphatic carbocycles. The molecule has 42 heavy (non-hydrogen) atoms. The van der Waals surface area contributed by atoms with Gasteiger partial charge in [0, 0.05) is 62.5 Å². The zero-order chi connectivity index (χ0) is 30.1. The van der Waals surface area contributed by atoms with Gasteiger partial charge in [-0.2, -0.15) is 13.9 Å². The molecule has 2 heterocycles. The molecule has 218 valence electrons. The number of anilines is 1. The van der Waals surface area contributed by atoms with Crippen LogP contribution in [0.25, 0.3) is 0 Å². The summed E-state index contributed by atoms with van der Waals surface area (Å²) in [5.41, 5.74) is 12.1. The number of benzene rings is 1. The third-order valence-electron chi connectivity index (χ3n) is 6.46. The summed E-state index contributed by atoms with van der Waals surface area (Å²) < 4.78 is 25.5. The number of pyridine rings is 1. The summed E-state index contributed by atoms with van der Waals surface area (Å²) >= 11 is 0. The molecular formula is C28H30F2N10O2. The first-order valence-electron chi connectivity index (χ1n) is 13.0. The highest BCUT2D eigenvalue weighted by molar-refractivity contribution is 6.10. The van der Waals surface area contributed by atoms with Crippen LogP contribution in [0.5, 0.6) is 0 Å². The molecule has 2 aliphatic rings. The molecular weight excluding hydrogens is 546 g/mol. The molecule has 0 saturated carbocycles. The van der Waals surface area contributed by atoms with Crippen LogP contribution < -0.4 is 16.1 Å². The number of carbonyl (C=O) groups is 2. The van der Waals surface area contributed by atoms with E-state index in [1.54, 1.807) is 59.0 Å². The lowest BCUT2D eigenvalue weighted by Gasteiger charge is -2.38. The minimum Gasteiger partial charge on any atom is -0.361 e. The van der Waals surface area contributed by atoms with Crippen molar-refractivity contribution in [3.05, 3.63) is 95.6 Å². The van der Waals surface area contributed by atoms with E-state index in [1.807, 2.05) is 23.1 Å². The Morgan fingerprint density at radius 3 is 2.50 bits per heavy atom. The Hall–Kier alpha value is -5.11. The monoisotopic (exact) mass is 576 g/mol. The Balaban J connectivity index is 1.44. The Kier molecular flexibility index (Phi) is 9.94. The number of aromatic nitrogens is 1. The number of carbonyl (C=O) groups excluding carboxylic acids is 2. The summed E-state index contributed by atoms with van der Waals surface area (Å²) in [5.74, 6) is -0.609. The highest BCUT2D eigenvalue weighted by Crippen LogP contribution is 2.25. The largest absolute Gasteiger partial charge is 0.361 e. The summed E-state index contributed by atoms with van der Waals surface area (Å²) in [6, 6.07) is 11.7. The van der Waals surface area contributed by atoms with Gasteiger partial charge in [-0.05, 0) is 35.9 Å². The number of hydrazone groups is 1. The van der Waals surface area contributed by atoms with Gasteiger partial charge in [-0.1, -0.05) is 30.3 Å². The first-order valence-corrected chi connectivity index (χ1v) is 13.0. The maximum Gasteiger partial charge on any atom is 0.327 e. The molecule has 0 spiro atoms. The van der Waals surface area contributed by atoms with Crippen molar-refractivity contribution in [3.63, 3.8) is 0 Å². The number of halogens is 2. The summed E-state index contributed by atoms with van der Waals surface area (Å²) in [7, 11) is 0. The normalized spacial score (nSPS) is 17.6. The number of nitrogens with zero attached hydrogens (tertiary/aromatic N) is 5. The van der Waals surface area contributed by atoms with E-state index in [0.29, 0.717) is 43.1 Å². The maximum absolute atomic E-state index is 13.3. The molecule has 1 aromatic carbocycles. The first-order chi connectivity index (χ1) is 20.2. The van der Waals surface area contributed by atoms with Gasteiger partial charge in [0.15, 0.2) is 5.84 Å². The molecule has 1 aliphatic heterocycles. The Bertz CT molecular complexity index is 1450. The lowest BCUT2D eigenvalue weighted by Crippen LogP contribution is -2.51. The summed E-state index contributed by atoms with van der Waals surface area (Å²) in [5, 5.41) is 21.0. The minimum absolute atomic E-state index is 0.114. The molecule has 1 fully saturated rings. The molecule has 1 saturated heterocycles. The van der Waals surface area contributed by atoms with E-state index >= 15 is 0 Å². The Morgan fingerprint density at radius 2 is 1.83 bits per heavy atom. The smallest absolute Gasteiger partial charge is 0.327 e. The van der Waals surface area contributed by atoms with Gasteiger partial charge in [0.25, 0.3) is 5.91 Å². The van der Waals surface area contributed by atoms with E-state index < -0.39 is 12.6 Å². The van der Waals surface area contributed by atoms with E-state index in [9.17, 15) is 18.4 Å². The number of nitrogens with one attached hydrogen (secondary N) is 5. The molecule has 2 aromatic rings. The zero-order valence-electron chi connectivity index (χ0n) is 22.7. The van der Waals surface area contributed by atoms with Crippen molar-refractivity contribution in [1.82, 2.24) is 25.5 Å². The van der Waals surface area contributed by atoms with Crippen LogP contribution in [0.15, 0.2) is 94.6 Å². The average molecular weight is 577 g/mol. The third-order valence-corrected chi connectivity index (χ3v) is 6.46. The molecule has 2 amide bonds. The zero-order valence-corrected chi connectivity index (χ0v) is 22.7. The van der Waals surface area contributed by atoms with E-state index in [-0.39, 0.29) is 29.1 Å². The van der Waals surface area contributed by atoms with Crippen molar-refractivity contribution in [2.24, 2.45) is 10.2 Å². The summed E-state index contributed by atoms with van der Waals surface area (Å²) in [6.07, 6.45) is 8.00. The molecule has 1 aromatic heterocycles. The number of amidine groups is 1. The van der Waals surface area contributed by atoms with Gasteiger partial charge in [-0.25, -0.2) is 11.0 Å². The van der Waals surface area contributed by atoms with E-state index in [4.69, 9.17) is 10.9 Å². The predicted octanol–water partition coefficient (Wildman–Crippen LogP) is 3.64. The van der Waals surface area contributed by atoms with Crippen molar-refractivity contribution in [3.8, 4) is 0 Å². The van der Waals surface area contributed by atoms with Crippen LogP contribution in [0.1, 0.15) is 29.0 Å². The van der Waals surface area contributed by atoms with Crippen molar-refractivity contribution >= 4 is 29.0 Å². The van der Waals surface area contributed by atoms with Crippen LogP contribution in [-0.4, -0.2) is 70.9 Å². The molecule has 1 atom stereocenters. The van der Waals surface area contributed by atoms with Crippen LogP contribution in [0, 0.1) is 10.9 Å². The Morgan fingerprint density at radius 1 is 1.10 bits per heavy atom. The van der Waals surface area contributed by atoms with Crippen LogP contribution in [0.2, 0.25) is 0 Å². The molecule has 0 bridgehead atoms. The quantitative estimate of drug-likeness (QED) is 0.101. The fourth-order valence-electron chi connectivity index (χ4n) is 4.53. The van der Waals surface area contributed by atoms with Gasteiger partial charge in [-0.15, -0.1) is 5.11 Å². The topological polar surface area (TPSA) is 162 Å². The van der Waals surface area contributed by atoms with Crippen LogP contribution >= 0.6 is 0 Å². The summed E-state index contributed by atoms with van der Waals surface area (Å²) in [6.45, 7) is -0.0564. The Labute approximate surface area is 240 Å². The van der Waals surface area contributed by atoms with E-state index in [2.05, 4.69) is 25.8 Å². The highest BCUT2D eigenvalue weighted by Gasteiger charge is 2.31. The standard InChI is InChI=1S/C28H30F2N10O2/c1-18(41)35-22-7-8-23(31)20(15-22)17-34-21-9-10-33-24(16-21)27(42)40-13-11-39(12-14-40)25(19-5-3-2-4-6-19)26(36-32)37-38-28(29)30/h2-10,15-17,25,28,31-32,38H,11-14H2,1H3,(H,33,34)(H,35,41)/b20-17-,31-23?,36-32?,37-26-. The number of hydrogen-bond acceptors (Lipinski definition) is 9. The molecule has 4 rings (SSSR count). The lowest BCUT2D eigenvalue weighted by molar-refractivity contribution is -0.118. The van der Waals surface area contributed by atoms with Crippen LogP contribution in [-0.2, 0) is 4.79 Å². The van der Waals surface area contributed by atoms with E-state index in [1.165, 1.54) is 13.1 Å². The molecule has 1 unspecified atom stereocenters. The number of amides is 2. The maximum atomic E-state index is 13.3. The number of piperazine rings is 1. The van der Waals surface area contributed by atoms with Crippen molar-refractivity contribution in [2.75, 3.05) is 31.5 Å². The minimum atomic E-state index is -2.90.